The molecule has 1 heterocycles. The second-order valence-electron chi connectivity index (χ2n) is 9.81. The molecule has 1 N–H and O–H groups in total. The number of hydrogen-bond donors (Lipinski definition) is 1. The third-order valence-corrected chi connectivity index (χ3v) is 8.42. The van der Waals surface area contributed by atoms with E-state index >= 15 is 0 Å². The van der Waals surface area contributed by atoms with Crippen LogP contribution in [0.4, 0.5) is 0 Å². The Bertz CT molecular complexity index is 1160. The van der Waals surface area contributed by atoms with Crippen LogP contribution in [0.5, 0.6) is 5.75 Å². The van der Waals surface area contributed by atoms with Crippen molar-refractivity contribution in [2.75, 3.05) is 12.4 Å². The first-order valence-electron chi connectivity index (χ1n) is 12.1. The first-order chi connectivity index (χ1) is 16.0. The van der Waals surface area contributed by atoms with Gasteiger partial charge >= 0.3 is 5.97 Å². The van der Waals surface area contributed by atoms with E-state index in [9.17, 15) is 13.2 Å². The lowest BCUT2D eigenvalue weighted by molar-refractivity contribution is 0.0697. The summed E-state index contributed by atoms with van der Waals surface area (Å²) in [6.45, 7) is 8.89. The molecule has 2 aromatic carbocycles. The molecule has 0 spiro atoms. The standard InChI is InChI=1S/C28H36O5S/c1-5-6-7-8-15-33-25-19-26-24(28(3,4)14-9-16-34(26,31)32)18-23(25)20(2)17-21-10-12-22(13-11-21)27(29)30/h10-13,17-19H,5-9,14-16H2,1-4H3,(H,29,30)/b20-17-. The molecule has 2 aromatic rings. The van der Waals surface area contributed by atoms with Gasteiger partial charge in [-0.25, -0.2) is 13.2 Å². The minimum absolute atomic E-state index is 0.156. The van der Waals surface area contributed by atoms with Crippen molar-refractivity contribution in [1.82, 2.24) is 0 Å². The molecule has 1 aliphatic heterocycles. The molecular weight excluding hydrogens is 448 g/mol. The van der Waals surface area contributed by atoms with Gasteiger partial charge < -0.3 is 9.84 Å². The van der Waals surface area contributed by atoms with Gasteiger partial charge in [0.15, 0.2) is 9.84 Å². The lowest BCUT2D eigenvalue weighted by atomic mass is 9.79. The van der Waals surface area contributed by atoms with Crippen LogP contribution in [0, 0.1) is 0 Å². The summed E-state index contributed by atoms with van der Waals surface area (Å²) in [5, 5.41) is 9.15. The van der Waals surface area contributed by atoms with E-state index in [1.165, 1.54) is 0 Å². The van der Waals surface area contributed by atoms with E-state index in [-0.39, 0.29) is 16.7 Å². The molecule has 0 amide bonds. The zero-order valence-electron chi connectivity index (χ0n) is 20.7. The van der Waals surface area contributed by atoms with Gasteiger partial charge in [0.1, 0.15) is 5.75 Å². The van der Waals surface area contributed by atoms with Crippen LogP contribution in [0.25, 0.3) is 11.6 Å². The van der Waals surface area contributed by atoms with E-state index < -0.39 is 15.8 Å². The third-order valence-electron chi connectivity index (χ3n) is 6.58. The predicted molar refractivity (Wildman–Crippen MR) is 137 cm³/mol. The summed E-state index contributed by atoms with van der Waals surface area (Å²) in [5.74, 6) is -0.212. The fourth-order valence-corrected chi connectivity index (χ4v) is 6.19. The highest BCUT2D eigenvalue weighted by Gasteiger charge is 2.34. The van der Waals surface area contributed by atoms with E-state index in [2.05, 4.69) is 20.8 Å². The van der Waals surface area contributed by atoms with E-state index in [1.54, 1.807) is 30.3 Å². The van der Waals surface area contributed by atoms with Crippen LogP contribution in [0.3, 0.4) is 0 Å². The number of sulfone groups is 1. The number of carboxylic acids is 1. The summed E-state index contributed by atoms with van der Waals surface area (Å²) in [4.78, 5) is 11.6. The van der Waals surface area contributed by atoms with Crippen LogP contribution in [0.1, 0.15) is 93.3 Å². The Morgan fingerprint density at radius 3 is 2.47 bits per heavy atom. The summed E-state index contributed by atoms with van der Waals surface area (Å²) in [6.07, 6.45) is 7.70. The molecule has 3 rings (SSSR count). The Kier molecular flexibility index (Phi) is 8.24. The number of unbranched alkanes of at least 4 members (excludes halogenated alkanes) is 3. The fourth-order valence-electron chi connectivity index (χ4n) is 4.48. The zero-order valence-corrected chi connectivity index (χ0v) is 21.5. The smallest absolute Gasteiger partial charge is 0.335 e. The van der Waals surface area contributed by atoms with Crippen molar-refractivity contribution in [3.8, 4) is 5.75 Å². The average Bonchev–Trinajstić information content (AvgIpc) is 2.86. The first-order valence-corrected chi connectivity index (χ1v) is 13.8. The van der Waals surface area contributed by atoms with Crippen LogP contribution < -0.4 is 4.74 Å². The van der Waals surface area contributed by atoms with Gasteiger partial charge in [-0.15, -0.1) is 0 Å². The summed E-state index contributed by atoms with van der Waals surface area (Å²) in [5.41, 5.74) is 3.50. The predicted octanol–water partition coefficient (Wildman–Crippen LogP) is 6.75. The van der Waals surface area contributed by atoms with Crippen LogP contribution in [0.15, 0.2) is 41.3 Å². The molecule has 0 saturated heterocycles. The fraction of sp³-hybridized carbons (Fsp3) is 0.464. The molecule has 34 heavy (non-hydrogen) atoms. The SMILES string of the molecule is CCCCCCOc1cc2c(cc1/C(C)=C\c1ccc(C(=O)O)cc1)C(C)(C)CCCS2(=O)=O. The van der Waals surface area contributed by atoms with Gasteiger partial charge in [-0.05, 0) is 72.6 Å². The average molecular weight is 485 g/mol. The van der Waals surface area contributed by atoms with Gasteiger partial charge in [0.2, 0.25) is 0 Å². The van der Waals surface area contributed by atoms with Crippen molar-refractivity contribution >= 4 is 27.5 Å². The highest BCUT2D eigenvalue weighted by molar-refractivity contribution is 7.91. The van der Waals surface area contributed by atoms with Gasteiger partial charge in [-0.3, -0.25) is 0 Å². The Balaban J connectivity index is 2.07. The van der Waals surface area contributed by atoms with Gasteiger partial charge in [-0.1, -0.05) is 58.2 Å². The maximum Gasteiger partial charge on any atom is 0.335 e. The maximum absolute atomic E-state index is 13.1. The lowest BCUT2D eigenvalue weighted by Gasteiger charge is -2.26. The monoisotopic (exact) mass is 484 g/mol. The zero-order chi connectivity index (χ0) is 24.9. The van der Waals surface area contributed by atoms with Crippen LogP contribution in [-0.4, -0.2) is 31.9 Å². The van der Waals surface area contributed by atoms with Gasteiger partial charge in [-0.2, -0.15) is 0 Å². The van der Waals surface area contributed by atoms with Crippen LogP contribution >= 0.6 is 0 Å². The Hall–Kier alpha value is -2.60. The molecule has 0 saturated carbocycles. The molecule has 0 aliphatic carbocycles. The van der Waals surface area contributed by atoms with Crippen molar-refractivity contribution < 1.29 is 23.1 Å². The highest BCUT2D eigenvalue weighted by atomic mass is 32.2. The van der Waals surface area contributed by atoms with Crippen molar-refractivity contribution in [2.45, 2.75) is 76.5 Å². The number of aromatic carboxylic acids is 1. The Labute approximate surface area is 203 Å². The van der Waals surface area contributed by atoms with Crippen molar-refractivity contribution in [1.29, 1.82) is 0 Å². The Morgan fingerprint density at radius 2 is 1.82 bits per heavy atom. The molecule has 1 aliphatic rings. The van der Waals surface area contributed by atoms with Crippen molar-refractivity contribution in [2.24, 2.45) is 0 Å². The minimum Gasteiger partial charge on any atom is -0.493 e. The normalized spacial score (nSPS) is 17.0. The number of hydrogen-bond acceptors (Lipinski definition) is 4. The topological polar surface area (TPSA) is 80.7 Å². The second kappa shape index (κ2) is 10.8. The van der Waals surface area contributed by atoms with Crippen LogP contribution in [-0.2, 0) is 15.3 Å². The number of carbonyl (C=O) groups is 1. The molecule has 0 radical (unpaired) electrons. The molecule has 0 aromatic heterocycles. The minimum atomic E-state index is -3.38. The number of rotatable bonds is 9. The number of allylic oxidation sites excluding steroid dienone is 1. The number of benzene rings is 2. The summed E-state index contributed by atoms with van der Waals surface area (Å²) in [6, 6.07) is 10.4. The van der Waals surface area contributed by atoms with Gasteiger partial charge in [0.25, 0.3) is 0 Å². The number of ether oxygens (including phenoxy) is 1. The molecule has 6 heteroatoms. The molecular formula is C28H36O5S. The lowest BCUT2D eigenvalue weighted by Crippen LogP contribution is -2.18. The molecule has 0 atom stereocenters. The second-order valence-corrected chi connectivity index (χ2v) is 11.9. The summed E-state index contributed by atoms with van der Waals surface area (Å²) in [7, 11) is -3.38. The van der Waals surface area contributed by atoms with Gasteiger partial charge in [0.05, 0.1) is 22.8 Å². The summed E-state index contributed by atoms with van der Waals surface area (Å²) < 4.78 is 32.4. The molecule has 0 fully saturated rings. The highest BCUT2D eigenvalue weighted by Crippen LogP contribution is 2.42. The molecule has 5 nitrogen and oxygen atoms in total. The van der Waals surface area contributed by atoms with Crippen molar-refractivity contribution in [3.63, 3.8) is 0 Å². The summed E-state index contributed by atoms with van der Waals surface area (Å²) >= 11 is 0. The molecule has 184 valence electrons. The largest absolute Gasteiger partial charge is 0.493 e. The third kappa shape index (κ3) is 6.09. The Morgan fingerprint density at radius 1 is 1.12 bits per heavy atom. The number of fused-ring (bicyclic) bond motifs is 1. The number of carboxylic acid groups (broad SMARTS) is 1. The molecule has 0 unspecified atom stereocenters. The van der Waals surface area contributed by atoms with E-state index in [0.717, 1.165) is 54.4 Å². The van der Waals surface area contributed by atoms with E-state index in [0.29, 0.717) is 23.7 Å². The molecule has 0 bridgehead atoms. The first kappa shape index (κ1) is 26.0. The van der Waals surface area contributed by atoms with E-state index in [4.69, 9.17) is 9.84 Å². The quantitative estimate of drug-likeness (QED) is 0.314. The van der Waals surface area contributed by atoms with Crippen LogP contribution in [0.2, 0.25) is 0 Å². The van der Waals surface area contributed by atoms with Crippen molar-refractivity contribution in [3.05, 3.63) is 58.7 Å². The van der Waals surface area contributed by atoms with E-state index in [1.807, 2.05) is 19.1 Å². The van der Waals surface area contributed by atoms with Gasteiger partial charge in [0, 0.05) is 5.56 Å². The maximum atomic E-state index is 13.1.